The Kier molecular flexibility index (Phi) is 9.36. The minimum absolute atomic E-state index is 0.313. The lowest BCUT2D eigenvalue weighted by molar-refractivity contribution is -0.148. The molecule has 0 bridgehead atoms. The molecule has 6 atom stereocenters. The third-order valence-electron chi connectivity index (χ3n) is 4.56. The molecule has 1 aliphatic heterocycles. The van der Waals surface area contributed by atoms with E-state index in [0.29, 0.717) is 6.42 Å². The molecule has 160 valence electrons. The lowest BCUT2D eigenvalue weighted by Crippen LogP contribution is -2.61. The average Bonchev–Trinajstić information content (AvgIpc) is 2.64. The maximum Gasteiger partial charge on any atom is 0.370 e. The zero-order chi connectivity index (χ0) is 21.4. The zero-order valence-electron chi connectivity index (χ0n) is 16.3. The van der Waals surface area contributed by atoms with Crippen LogP contribution in [0.2, 0.25) is 0 Å². The molecule has 0 saturated carbocycles. The number of aliphatic hydroxyl groups excluding tert-OH is 3. The van der Waals surface area contributed by atoms with E-state index in [0.717, 1.165) is 18.9 Å². The minimum atomic E-state index is -1.68. The van der Waals surface area contributed by atoms with Crippen molar-refractivity contribution >= 4 is 17.8 Å². The molecule has 0 aromatic rings. The fraction of sp³-hybridized carbons (Fsp3) is 0.722. The Balaban J connectivity index is 2.98. The van der Waals surface area contributed by atoms with Crippen LogP contribution in [0.4, 0.5) is 0 Å². The molecule has 28 heavy (non-hydrogen) atoms. The number of unbranched alkanes of at least 4 members (excludes halogenated alkanes) is 1. The lowest BCUT2D eigenvalue weighted by Gasteiger charge is -2.38. The van der Waals surface area contributed by atoms with Gasteiger partial charge in [-0.05, 0) is 12.5 Å². The van der Waals surface area contributed by atoms with Crippen molar-refractivity contribution in [2.45, 2.75) is 70.5 Å². The molecular weight excluding hydrogens is 372 g/mol. The Morgan fingerprint density at radius 2 is 1.93 bits per heavy atom. The molecule has 0 spiro atoms. The minimum Gasteiger partial charge on any atom is -0.478 e. The molecule has 0 saturated heterocycles. The van der Waals surface area contributed by atoms with Crippen LogP contribution < -0.4 is 10.6 Å². The largest absolute Gasteiger partial charge is 0.478 e. The summed E-state index contributed by atoms with van der Waals surface area (Å²) in [7, 11) is 0. The number of amides is 2. The number of carbonyl (C=O) groups is 3. The highest BCUT2D eigenvalue weighted by Crippen LogP contribution is 2.23. The quantitative estimate of drug-likeness (QED) is 0.267. The molecule has 0 aromatic heterocycles. The number of nitrogens with one attached hydrogen (secondary N) is 2. The number of aliphatic hydroxyl groups is 3. The van der Waals surface area contributed by atoms with Crippen LogP contribution in [0.3, 0.4) is 0 Å². The number of rotatable bonds is 10. The Hall–Kier alpha value is -2.17. The van der Waals surface area contributed by atoms with Crippen molar-refractivity contribution < 1.29 is 39.5 Å². The van der Waals surface area contributed by atoms with E-state index >= 15 is 0 Å². The van der Waals surface area contributed by atoms with Gasteiger partial charge < -0.3 is 35.8 Å². The van der Waals surface area contributed by atoms with Gasteiger partial charge in [-0.1, -0.05) is 26.7 Å². The second-order valence-corrected chi connectivity index (χ2v) is 6.98. The Morgan fingerprint density at radius 1 is 1.29 bits per heavy atom. The fourth-order valence-corrected chi connectivity index (χ4v) is 2.82. The smallest absolute Gasteiger partial charge is 0.370 e. The van der Waals surface area contributed by atoms with Crippen LogP contribution in [-0.2, 0) is 19.1 Å². The standard InChI is InChI=1S/C18H30N2O8/c1-4-5-6-9(2)17(25)20-14-11(22)7-13(18(26)27)28-16(14)15(24)12(23)8-19-10(3)21/h7,9,11-12,14-16,22-24H,4-6,8H2,1-3H3,(H,19,21)(H,20,25)(H,26,27)/t9?,11-,12+,14+,15+,16+/m0/s1. The van der Waals surface area contributed by atoms with Crippen molar-refractivity contribution in [3.05, 3.63) is 11.8 Å². The normalized spacial score (nSPS) is 24.9. The van der Waals surface area contributed by atoms with Gasteiger partial charge in [0.2, 0.25) is 17.6 Å². The summed E-state index contributed by atoms with van der Waals surface area (Å²) in [5.41, 5.74) is 0. The van der Waals surface area contributed by atoms with E-state index in [1.165, 1.54) is 6.92 Å². The molecule has 10 heteroatoms. The Labute approximate surface area is 163 Å². The third kappa shape index (κ3) is 6.77. The van der Waals surface area contributed by atoms with Gasteiger partial charge in [-0.2, -0.15) is 0 Å². The summed E-state index contributed by atoms with van der Waals surface area (Å²) in [6.07, 6.45) is -2.77. The van der Waals surface area contributed by atoms with E-state index in [1.807, 2.05) is 6.92 Å². The third-order valence-corrected chi connectivity index (χ3v) is 4.56. The molecule has 2 amide bonds. The van der Waals surface area contributed by atoms with E-state index in [-0.39, 0.29) is 18.4 Å². The first-order valence-corrected chi connectivity index (χ1v) is 9.29. The molecule has 6 N–H and O–H groups in total. The van der Waals surface area contributed by atoms with Crippen LogP contribution >= 0.6 is 0 Å². The number of aliphatic carboxylic acids is 1. The number of ether oxygens (including phenoxy) is 1. The fourth-order valence-electron chi connectivity index (χ4n) is 2.82. The monoisotopic (exact) mass is 402 g/mol. The second kappa shape index (κ2) is 11.0. The van der Waals surface area contributed by atoms with E-state index in [9.17, 15) is 29.7 Å². The molecule has 0 aliphatic carbocycles. The van der Waals surface area contributed by atoms with Crippen molar-refractivity contribution in [1.82, 2.24) is 10.6 Å². The summed E-state index contributed by atoms with van der Waals surface area (Å²) in [6, 6.07) is -1.18. The van der Waals surface area contributed by atoms with Gasteiger partial charge in [0.15, 0.2) is 6.10 Å². The Morgan fingerprint density at radius 3 is 2.46 bits per heavy atom. The zero-order valence-corrected chi connectivity index (χ0v) is 16.3. The second-order valence-electron chi connectivity index (χ2n) is 6.98. The van der Waals surface area contributed by atoms with Gasteiger partial charge in [-0.25, -0.2) is 4.79 Å². The number of carboxylic acids is 1. The predicted octanol–water partition coefficient (Wildman–Crippen LogP) is -1.12. The van der Waals surface area contributed by atoms with Gasteiger partial charge in [0.25, 0.3) is 0 Å². The van der Waals surface area contributed by atoms with Crippen molar-refractivity contribution in [1.29, 1.82) is 0 Å². The van der Waals surface area contributed by atoms with Gasteiger partial charge in [0, 0.05) is 19.4 Å². The number of hydrogen-bond donors (Lipinski definition) is 6. The lowest BCUT2D eigenvalue weighted by atomic mass is 9.92. The topological polar surface area (TPSA) is 165 Å². The summed E-state index contributed by atoms with van der Waals surface area (Å²) >= 11 is 0. The highest BCUT2D eigenvalue weighted by atomic mass is 16.5. The number of carbonyl (C=O) groups excluding carboxylic acids is 2. The highest BCUT2D eigenvalue weighted by molar-refractivity contribution is 5.85. The highest BCUT2D eigenvalue weighted by Gasteiger charge is 2.43. The first-order chi connectivity index (χ1) is 13.1. The number of carboxylic acid groups (broad SMARTS) is 1. The SMILES string of the molecule is CCCCC(C)C(=O)N[C@H]1[C@H]([C@H](O)[C@H](O)CNC(C)=O)OC(C(=O)O)=C[C@@H]1O. The molecule has 1 heterocycles. The van der Waals surface area contributed by atoms with Gasteiger partial charge in [0.05, 0.1) is 6.04 Å². The van der Waals surface area contributed by atoms with E-state index in [4.69, 9.17) is 9.84 Å². The maximum atomic E-state index is 12.4. The van der Waals surface area contributed by atoms with Crippen LogP contribution in [0.5, 0.6) is 0 Å². The summed E-state index contributed by atoms with van der Waals surface area (Å²) in [4.78, 5) is 34.6. The van der Waals surface area contributed by atoms with Crippen LogP contribution in [-0.4, -0.2) is 75.2 Å². The van der Waals surface area contributed by atoms with Crippen molar-refractivity contribution in [2.75, 3.05) is 6.54 Å². The number of hydrogen-bond acceptors (Lipinski definition) is 7. The van der Waals surface area contributed by atoms with Crippen LogP contribution in [0, 0.1) is 5.92 Å². The molecule has 0 aromatic carbocycles. The summed E-state index contributed by atoms with van der Waals surface area (Å²) in [5, 5.41) is 44.9. The molecule has 1 rings (SSSR count). The molecule has 1 unspecified atom stereocenters. The van der Waals surface area contributed by atoms with Gasteiger partial charge in [-0.3, -0.25) is 9.59 Å². The van der Waals surface area contributed by atoms with Crippen molar-refractivity contribution in [2.24, 2.45) is 5.92 Å². The molecule has 1 aliphatic rings. The average molecular weight is 402 g/mol. The first-order valence-electron chi connectivity index (χ1n) is 9.29. The van der Waals surface area contributed by atoms with Gasteiger partial charge in [-0.15, -0.1) is 0 Å². The van der Waals surface area contributed by atoms with E-state index < -0.39 is 48.1 Å². The summed E-state index contributed by atoms with van der Waals surface area (Å²) in [6.45, 7) is 4.62. The predicted molar refractivity (Wildman–Crippen MR) is 97.9 cm³/mol. The van der Waals surface area contributed by atoms with Crippen LogP contribution in [0.15, 0.2) is 11.8 Å². The van der Waals surface area contributed by atoms with E-state index in [2.05, 4.69) is 10.6 Å². The summed E-state index contributed by atoms with van der Waals surface area (Å²) in [5.74, 6) is -3.25. The van der Waals surface area contributed by atoms with Gasteiger partial charge >= 0.3 is 5.97 Å². The van der Waals surface area contributed by atoms with Crippen LogP contribution in [0.1, 0.15) is 40.0 Å². The molecular formula is C18H30N2O8. The maximum absolute atomic E-state index is 12.4. The van der Waals surface area contributed by atoms with E-state index in [1.54, 1.807) is 6.92 Å². The Bertz CT molecular complexity index is 594. The van der Waals surface area contributed by atoms with Crippen molar-refractivity contribution in [3.63, 3.8) is 0 Å². The first kappa shape index (κ1) is 23.9. The molecule has 10 nitrogen and oxygen atoms in total. The van der Waals surface area contributed by atoms with Crippen LogP contribution in [0.25, 0.3) is 0 Å². The molecule has 0 radical (unpaired) electrons. The molecule has 0 fully saturated rings. The summed E-state index contributed by atoms with van der Waals surface area (Å²) < 4.78 is 5.25. The van der Waals surface area contributed by atoms with Gasteiger partial charge in [0.1, 0.15) is 18.3 Å². The van der Waals surface area contributed by atoms with Crippen molar-refractivity contribution in [3.8, 4) is 0 Å².